The van der Waals surface area contributed by atoms with Gasteiger partial charge in [0.1, 0.15) is 17.4 Å². The zero-order valence-electron chi connectivity index (χ0n) is 15.2. The van der Waals surface area contributed by atoms with Crippen LogP contribution in [0.15, 0.2) is 55.2 Å². The molecule has 0 saturated heterocycles. The summed E-state index contributed by atoms with van der Waals surface area (Å²) in [5.74, 6) is 0.591. The summed E-state index contributed by atoms with van der Waals surface area (Å²) < 4.78 is 0.727. The Labute approximate surface area is 178 Å². The van der Waals surface area contributed by atoms with Crippen molar-refractivity contribution in [2.75, 3.05) is 0 Å². The number of pyridine rings is 2. The highest BCUT2D eigenvalue weighted by molar-refractivity contribution is 7.19. The predicted molar refractivity (Wildman–Crippen MR) is 116 cm³/mol. The quantitative estimate of drug-likeness (QED) is 0.420. The average Bonchev–Trinajstić information content (AvgIpc) is 3.51. The number of hydrogen-bond acceptors (Lipinski definition) is 7. The molecule has 0 spiro atoms. The van der Waals surface area contributed by atoms with Gasteiger partial charge in [0.05, 0.1) is 15.5 Å². The van der Waals surface area contributed by atoms with Crippen LogP contribution in [-0.2, 0) is 0 Å². The van der Waals surface area contributed by atoms with Gasteiger partial charge in [0.15, 0.2) is 17.2 Å². The Kier molecular flexibility index (Phi) is 3.83. The predicted octanol–water partition coefficient (Wildman–Crippen LogP) is 4.74. The fourth-order valence-corrected chi connectivity index (χ4v) is 4.41. The molecule has 0 saturated carbocycles. The third kappa shape index (κ3) is 2.75. The number of halogens is 1. The van der Waals surface area contributed by atoms with Crippen LogP contribution in [-0.4, -0.2) is 40.1 Å². The largest absolute Gasteiger partial charge is 0.321 e. The number of H-pyrrole nitrogens is 2. The molecule has 0 aromatic carbocycles. The summed E-state index contributed by atoms with van der Waals surface area (Å²) in [6.07, 6.45) is 6.70. The van der Waals surface area contributed by atoms with Crippen LogP contribution in [0.5, 0.6) is 0 Å². The Bertz CT molecular complexity index is 1520. The molecule has 6 heterocycles. The first kappa shape index (κ1) is 17.2. The number of hydrogen-bond donors (Lipinski definition) is 2. The fraction of sp³-hybridized carbons (Fsp3) is 0. The summed E-state index contributed by atoms with van der Waals surface area (Å²) in [6.45, 7) is 0. The van der Waals surface area contributed by atoms with Gasteiger partial charge in [-0.25, -0.2) is 24.9 Å². The first-order valence-electron chi connectivity index (χ1n) is 8.97. The van der Waals surface area contributed by atoms with Crippen LogP contribution in [0.4, 0.5) is 0 Å². The number of aromatic amines is 2. The van der Waals surface area contributed by atoms with E-state index in [1.54, 1.807) is 18.6 Å². The Balaban J connectivity index is 1.52. The Hall–Kier alpha value is -3.69. The standard InChI is InChI=1S/C20H11ClN8S/c21-15-4-3-14(30-15)11-5-6-24-19-16(11)26-20(27-19)18-17-13(28-29-18)2-1-12(25-17)10-7-22-9-23-8-10/h1-9H,(H,28,29)(H,24,26,27). The lowest BCUT2D eigenvalue weighted by molar-refractivity contribution is 1.10. The van der Waals surface area contributed by atoms with E-state index in [0.29, 0.717) is 22.7 Å². The monoisotopic (exact) mass is 430 g/mol. The van der Waals surface area contributed by atoms with E-state index in [9.17, 15) is 0 Å². The van der Waals surface area contributed by atoms with Crippen LogP contribution in [0.3, 0.4) is 0 Å². The molecule has 0 aliphatic heterocycles. The molecule has 0 fully saturated rings. The first-order valence-corrected chi connectivity index (χ1v) is 10.2. The van der Waals surface area contributed by atoms with E-state index in [1.807, 2.05) is 30.3 Å². The average molecular weight is 431 g/mol. The molecule has 6 aromatic heterocycles. The van der Waals surface area contributed by atoms with Crippen LogP contribution in [0.2, 0.25) is 4.34 Å². The van der Waals surface area contributed by atoms with Crippen LogP contribution in [0, 0.1) is 0 Å². The summed E-state index contributed by atoms with van der Waals surface area (Å²) in [5.41, 5.74) is 6.13. The molecule has 0 atom stereocenters. The number of aromatic nitrogens is 8. The van der Waals surface area contributed by atoms with Crippen LogP contribution < -0.4 is 0 Å². The van der Waals surface area contributed by atoms with Crippen molar-refractivity contribution in [2.45, 2.75) is 0 Å². The number of imidazole rings is 1. The van der Waals surface area contributed by atoms with Crippen LogP contribution in [0.25, 0.3) is 55.4 Å². The Morgan fingerprint density at radius 1 is 0.933 bits per heavy atom. The molecular weight excluding hydrogens is 420 g/mol. The minimum Gasteiger partial charge on any atom is -0.321 e. The molecule has 0 aliphatic rings. The number of nitrogens with zero attached hydrogens (tertiary/aromatic N) is 6. The highest BCUT2D eigenvalue weighted by Crippen LogP contribution is 2.35. The van der Waals surface area contributed by atoms with Crippen molar-refractivity contribution in [3.63, 3.8) is 0 Å². The molecule has 0 bridgehead atoms. The van der Waals surface area contributed by atoms with Crippen molar-refractivity contribution in [1.29, 1.82) is 0 Å². The molecule has 6 rings (SSSR count). The van der Waals surface area contributed by atoms with Crippen molar-refractivity contribution >= 4 is 45.1 Å². The summed E-state index contributed by atoms with van der Waals surface area (Å²) in [6, 6.07) is 9.63. The summed E-state index contributed by atoms with van der Waals surface area (Å²) in [7, 11) is 0. The number of thiophene rings is 1. The molecule has 6 aromatic rings. The fourth-order valence-electron chi connectivity index (χ4n) is 3.34. The molecule has 0 amide bonds. The molecule has 0 radical (unpaired) electrons. The lowest BCUT2D eigenvalue weighted by Gasteiger charge is -1.99. The maximum atomic E-state index is 6.12. The van der Waals surface area contributed by atoms with Crippen molar-refractivity contribution in [3.8, 4) is 33.2 Å². The van der Waals surface area contributed by atoms with E-state index in [2.05, 4.69) is 30.1 Å². The lowest BCUT2D eigenvalue weighted by Crippen LogP contribution is -1.88. The number of rotatable bonds is 3. The van der Waals surface area contributed by atoms with E-state index in [-0.39, 0.29) is 0 Å². The van der Waals surface area contributed by atoms with E-state index < -0.39 is 0 Å². The Morgan fingerprint density at radius 3 is 2.67 bits per heavy atom. The van der Waals surface area contributed by atoms with Gasteiger partial charge in [0, 0.05) is 34.6 Å². The molecule has 0 unspecified atom stereocenters. The number of nitrogens with one attached hydrogen (secondary N) is 2. The van der Waals surface area contributed by atoms with Gasteiger partial charge in [0.25, 0.3) is 0 Å². The second kappa shape index (κ2) is 6.68. The van der Waals surface area contributed by atoms with Crippen LogP contribution >= 0.6 is 22.9 Å². The van der Waals surface area contributed by atoms with Gasteiger partial charge in [-0.3, -0.25) is 5.10 Å². The second-order valence-corrected chi connectivity index (χ2v) is 8.25. The molecule has 8 nitrogen and oxygen atoms in total. The van der Waals surface area contributed by atoms with Crippen molar-refractivity contribution < 1.29 is 0 Å². The van der Waals surface area contributed by atoms with Gasteiger partial charge < -0.3 is 4.98 Å². The maximum Gasteiger partial charge on any atom is 0.162 e. The van der Waals surface area contributed by atoms with Gasteiger partial charge in [-0.1, -0.05) is 11.6 Å². The van der Waals surface area contributed by atoms with E-state index in [1.165, 1.54) is 17.7 Å². The zero-order valence-corrected chi connectivity index (χ0v) is 16.7. The van der Waals surface area contributed by atoms with E-state index in [0.717, 1.165) is 37.1 Å². The third-order valence-electron chi connectivity index (χ3n) is 4.71. The minimum atomic E-state index is 0.591. The molecule has 2 N–H and O–H groups in total. The van der Waals surface area contributed by atoms with Gasteiger partial charge in [-0.05, 0) is 30.3 Å². The normalized spacial score (nSPS) is 11.5. The first-order chi connectivity index (χ1) is 14.8. The molecule has 0 aliphatic carbocycles. The van der Waals surface area contributed by atoms with E-state index in [4.69, 9.17) is 21.6 Å². The Morgan fingerprint density at radius 2 is 1.83 bits per heavy atom. The molecule has 144 valence electrons. The summed E-state index contributed by atoms with van der Waals surface area (Å²) in [5, 5.41) is 7.46. The van der Waals surface area contributed by atoms with Gasteiger partial charge in [-0.15, -0.1) is 11.3 Å². The highest BCUT2D eigenvalue weighted by Gasteiger charge is 2.18. The smallest absolute Gasteiger partial charge is 0.162 e. The summed E-state index contributed by atoms with van der Waals surface area (Å²) >= 11 is 7.62. The molecular formula is C20H11ClN8S. The summed E-state index contributed by atoms with van der Waals surface area (Å²) in [4.78, 5) is 26.4. The van der Waals surface area contributed by atoms with Crippen LogP contribution in [0.1, 0.15) is 0 Å². The maximum absolute atomic E-state index is 6.12. The zero-order chi connectivity index (χ0) is 20.1. The SMILES string of the molecule is Clc1ccc(-c2ccnc3[nH]c(-c4n[nH]c5ccc(-c6cncnc6)nc45)nc23)s1. The molecule has 30 heavy (non-hydrogen) atoms. The topological polar surface area (TPSA) is 109 Å². The van der Waals surface area contributed by atoms with Gasteiger partial charge in [0.2, 0.25) is 0 Å². The van der Waals surface area contributed by atoms with Crippen molar-refractivity contribution in [3.05, 3.63) is 59.6 Å². The second-order valence-electron chi connectivity index (χ2n) is 6.54. The van der Waals surface area contributed by atoms with Gasteiger partial charge >= 0.3 is 0 Å². The minimum absolute atomic E-state index is 0.591. The third-order valence-corrected chi connectivity index (χ3v) is 5.98. The lowest BCUT2D eigenvalue weighted by atomic mass is 10.2. The number of fused-ring (bicyclic) bond motifs is 2. The molecule has 10 heteroatoms. The van der Waals surface area contributed by atoms with Gasteiger partial charge in [-0.2, -0.15) is 5.10 Å². The highest BCUT2D eigenvalue weighted by atomic mass is 35.5. The van der Waals surface area contributed by atoms with Crippen molar-refractivity contribution in [2.24, 2.45) is 0 Å². The van der Waals surface area contributed by atoms with E-state index >= 15 is 0 Å². The van der Waals surface area contributed by atoms with Crippen molar-refractivity contribution in [1.82, 2.24) is 40.1 Å².